The van der Waals surface area contributed by atoms with E-state index < -0.39 is 0 Å². The maximum absolute atomic E-state index is 12.3. The molecule has 4 heterocycles. The molecule has 0 radical (unpaired) electrons. The van der Waals surface area contributed by atoms with Crippen LogP contribution in [0.4, 0.5) is 0 Å². The molecular weight excluding hydrogens is 392 g/mol. The summed E-state index contributed by atoms with van der Waals surface area (Å²) >= 11 is 7.82. The van der Waals surface area contributed by atoms with Gasteiger partial charge in [0.05, 0.1) is 10.6 Å². The van der Waals surface area contributed by atoms with Crippen LogP contribution in [0.15, 0.2) is 59.5 Å². The Bertz CT molecular complexity index is 1370. The van der Waals surface area contributed by atoms with Crippen molar-refractivity contribution in [2.75, 3.05) is 0 Å². The van der Waals surface area contributed by atoms with Crippen molar-refractivity contribution in [2.45, 2.75) is 6.92 Å². The minimum atomic E-state index is -0.178. The lowest BCUT2D eigenvalue weighted by Gasteiger charge is -2.09. The van der Waals surface area contributed by atoms with Gasteiger partial charge in [0.15, 0.2) is 11.2 Å². The zero-order valence-electron chi connectivity index (χ0n) is 14.7. The molecular formula is C21H13ClN4OS. The average Bonchev–Trinajstić information content (AvgIpc) is 3.11. The van der Waals surface area contributed by atoms with Gasteiger partial charge in [0, 0.05) is 28.2 Å². The van der Waals surface area contributed by atoms with Crippen molar-refractivity contribution in [1.29, 1.82) is 0 Å². The zero-order chi connectivity index (χ0) is 19.3. The minimum Gasteiger partial charge on any atom is -0.345 e. The Morgan fingerprint density at radius 3 is 2.68 bits per heavy atom. The molecule has 0 spiro atoms. The van der Waals surface area contributed by atoms with E-state index in [0.717, 1.165) is 26.2 Å². The first-order valence-electron chi connectivity index (χ1n) is 8.61. The second-order valence-corrected chi connectivity index (χ2v) is 7.90. The summed E-state index contributed by atoms with van der Waals surface area (Å²) in [5.41, 5.74) is 3.45. The smallest absolute Gasteiger partial charge is 0.209 e. The molecule has 0 amide bonds. The first-order valence-corrected chi connectivity index (χ1v) is 9.81. The van der Waals surface area contributed by atoms with Crippen molar-refractivity contribution in [3.8, 4) is 21.8 Å². The number of H-pyrrole nitrogens is 1. The van der Waals surface area contributed by atoms with Gasteiger partial charge in [0.25, 0.3) is 0 Å². The molecule has 7 heteroatoms. The van der Waals surface area contributed by atoms with Crippen molar-refractivity contribution in [3.05, 3.63) is 75.8 Å². The van der Waals surface area contributed by atoms with Gasteiger partial charge in [-0.1, -0.05) is 29.8 Å². The molecule has 0 unspecified atom stereocenters. The van der Waals surface area contributed by atoms with Crippen LogP contribution in [0.1, 0.15) is 5.69 Å². The van der Waals surface area contributed by atoms with E-state index in [-0.39, 0.29) is 5.43 Å². The van der Waals surface area contributed by atoms with Crippen LogP contribution in [0.3, 0.4) is 0 Å². The number of hydrogen-bond donors (Lipinski definition) is 1. The Morgan fingerprint density at radius 1 is 1.00 bits per heavy atom. The monoisotopic (exact) mass is 404 g/mol. The van der Waals surface area contributed by atoms with Crippen LogP contribution in [-0.4, -0.2) is 19.9 Å². The third-order valence-electron chi connectivity index (χ3n) is 4.44. The van der Waals surface area contributed by atoms with E-state index in [2.05, 4.69) is 33.2 Å². The van der Waals surface area contributed by atoms with Gasteiger partial charge in [-0.05, 0) is 36.6 Å². The fraction of sp³-hybridized carbons (Fsp3) is 0.0476. The SMILES string of the molecule is Cc1cc(-c2nc3c(=O)cc[nH]c3nc2-c2cc3ccccc3s2)cc(Cl)n1. The largest absolute Gasteiger partial charge is 0.345 e. The summed E-state index contributed by atoms with van der Waals surface area (Å²) in [5, 5.41) is 1.52. The van der Waals surface area contributed by atoms with Crippen molar-refractivity contribution in [2.24, 2.45) is 0 Å². The number of halogens is 1. The molecule has 0 aliphatic rings. The van der Waals surface area contributed by atoms with Gasteiger partial charge in [-0.3, -0.25) is 4.79 Å². The van der Waals surface area contributed by atoms with Gasteiger partial charge in [0.1, 0.15) is 10.8 Å². The standard InChI is InChI=1S/C21H13ClN4OS/c1-11-8-13(10-17(22)24-11)18-20(16-9-12-4-2-3-5-15(12)28-16)26-21-19(25-18)14(27)6-7-23-21/h2-10H,1H3,(H,23,26,27). The Balaban J connectivity index is 1.87. The predicted octanol–water partition coefficient (Wildman–Crippen LogP) is 5.22. The highest BCUT2D eigenvalue weighted by Crippen LogP contribution is 2.37. The fourth-order valence-corrected chi connectivity index (χ4v) is 4.52. The van der Waals surface area contributed by atoms with E-state index in [0.29, 0.717) is 27.7 Å². The summed E-state index contributed by atoms with van der Waals surface area (Å²) in [7, 11) is 0. The van der Waals surface area contributed by atoms with Crippen LogP contribution in [0.5, 0.6) is 0 Å². The van der Waals surface area contributed by atoms with Crippen molar-refractivity contribution >= 4 is 44.2 Å². The summed E-state index contributed by atoms with van der Waals surface area (Å²) in [6.07, 6.45) is 1.58. The molecule has 0 aliphatic heterocycles. The van der Waals surface area contributed by atoms with E-state index in [1.165, 1.54) is 6.07 Å². The molecule has 0 saturated carbocycles. The molecule has 4 aromatic heterocycles. The molecule has 5 nitrogen and oxygen atoms in total. The number of aromatic amines is 1. The highest BCUT2D eigenvalue weighted by Gasteiger charge is 2.17. The molecule has 5 rings (SSSR count). The van der Waals surface area contributed by atoms with Gasteiger partial charge >= 0.3 is 0 Å². The third kappa shape index (κ3) is 2.87. The van der Waals surface area contributed by atoms with E-state index in [4.69, 9.17) is 16.6 Å². The van der Waals surface area contributed by atoms with Crippen LogP contribution in [0.2, 0.25) is 5.15 Å². The molecule has 136 valence electrons. The number of fused-ring (bicyclic) bond motifs is 2. The second kappa shape index (κ2) is 6.51. The number of aryl methyl sites for hydroxylation is 1. The quantitative estimate of drug-likeness (QED) is 0.409. The van der Waals surface area contributed by atoms with Crippen LogP contribution >= 0.6 is 22.9 Å². The number of nitrogens with zero attached hydrogens (tertiary/aromatic N) is 3. The third-order valence-corrected chi connectivity index (χ3v) is 5.75. The number of hydrogen-bond acceptors (Lipinski definition) is 5. The van der Waals surface area contributed by atoms with E-state index in [1.807, 2.05) is 25.1 Å². The number of nitrogens with one attached hydrogen (secondary N) is 1. The summed E-state index contributed by atoms with van der Waals surface area (Å²) in [5.74, 6) is 0. The summed E-state index contributed by atoms with van der Waals surface area (Å²) < 4.78 is 1.16. The zero-order valence-corrected chi connectivity index (χ0v) is 16.3. The van der Waals surface area contributed by atoms with Crippen LogP contribution < -0.4 is 5.43 Å². The highest BCUT2D eigenvalue weighted by atomic mass is 35.5. The number of benzene rings is 1. The van der Waals surface area contributed by atoms with Crippen LogP contribution in [0, 0.1) is 6.92 Å². The van der Waals surface area contributed by atoms with Crippen molar-refractivity contribution in [3.63, 3.8) is 0 Å². The Kier molecular flexibility index (Phi) is 3.96. The molecule has 5 aromatic rings. The molecule has 0 fully saturated rings. The molecule has 0 atom stereocenters. The average molecular weight is 405 g/mol. The molecule has 0 aliphatic carbocycles. The summed E-state index contributed by atoms with van der Waals surface area (Å²) in [4.78, 5) is 30.0. The Morgan fingerprint density at radius 2 is 1.86 bits per heavy atom. The predicted molar refractivity (Wildman–Crippen MR) is 114 cm³/mol. The van der Waals surface area contributed by atoms with Crippen LogP contribution in [-0.2, 0) is 0 Å². The Hall–Kier alpha value is -3.09. The Labute approximate surface area is 168 Å². The fourth-order valence-electron chi connectivity index (χ4n) is 3.22. The van der Waals surface area contributed by atoms with Crippen molar-refractivity contribution < 1.29 is 0 Å². The maximum atomic E-state index is 12.3. The van der Waals surface area contributed by atoms with Gasteiger partial charge in [-0.25, -0.2) is 15.0 Å². The second-order valence-electron chi connectivity index (χ2n) is 6.43. The lowest BCUT2D eigenvalue weighted by atomic mass is 10.1. The first kappa shape index (κ1) is 17.0. The minimum absolute atomic E-state index is 0.178. The van der Waals surface area contributed by atoms with Gasteiger partial charge in [-0.2, -0.15) is 0 Å². The number of rotatable bonds is 2. The molecule has 28 heavy (non-hydrogen) atoms. The molecule has 0 bridgehead atoms. The number of thiophene rings is 1. The topological polar surface area (TPSA) is 71.5 Å². The summed E-state index contributed by atoms with van der Waals surface area (Å²) in [6, 6.07) is 15.4. The molecule has 1 N–H and O–H groups in total. The molecule has 1 aromatic carbocycles. The summed E-state index contributed by atoms with van der Waals surface area (Å²) in [6.45, 7) is 1.87. The van der Waals surface area contributed by atoms with Gasteiger partial charge < -0.3 is 4.98 Å². The lowest BCUT2D eigenvalue weighted by molar-refractivity contribution is 1.18. The lowest BCUT2D eigenvalue weighted by Crippen LogP contribution is -2.06. The van der Waals surface area contributed by atoms with Gasteiger partial charge in [-0.15, -0.1) is 11.3 Å². The van der Waals surface area contributed by atoms with Crippen molar-refractivity contribution in [1.82, 2.24) is 19.9 Å². The normalized spacial score (nSPS) is 11.4. The van der Waals surface area contributed by atoms with E-state index in [9.17, 15) is 4.79 Å². The molecule has 0 saturated heterocycles. The number of pyridine rings is 2. The van der Waals surface area contributed by atoms with Gasteiger partial charge in [0.2, 0.25) is 5.43 Å². The number of aromatic nitrogens is 4. The van der Waals surface area contributed by atoms with E-state index >= 15 is 0 Å². The van der Waals surface area contributed by atoms with Crippen LogP contribution in [0.25, 0.3) is 43.1 Å². The van der Waals surface area contributed by atoms with E-state index in [1.54, 1.807) is 23.6 Å². The first-order chi connectivity index (χ1) is 13.6. The maximum Gasteiger partial charge on any atom is 0.209 e. The highest BCUT2D eigenvalue weighted by molar-refractivity contribution is 7.22.